The Hall–Kier alpha value is -1.32. The van der Waals surface area contributed by atoms with Gasteiger partial charge in [-0.2, -0.15) is 13.2 Å². The first-order valence-corrected chi connectivity index (χ1v) is 12.9. The van der Waals surface area contributed by atoms with E-state index in [1.165, 1.54) is 83.1 Å². The molecule has 1 saturated carbocycles. The fourth-order valence-corrected chi connectivity index (χ4v) is 5.83. The van der Waals surface area contributed by atoms with Crippen molar-refractivity contribution in [2.24, 2.45) is 17.8 Å². The Labute approximate surface area is 191 Å². The van der Waals surface area contributed by atoms with Gasteiger partial charge >= 0.3 is 6.18 Å². The zero-order chi connectivity index (χ0) is 23.0. The molecule has 180 valence electrons. The number of allylic oxidation sites excluding steroid dienone is 2. The van der Waals surface area contributed by atoms with Crippen molar-refractivity contribution in [3.8, 4) is 0 Å². The summed E-state index contributed by atoms with van der Waals surface area (Å²) in [5.41, 5.74) is 0.428. The fourth-order valence-electron chi connectivity index (χ4n) is 5.83. The summed E-state index contributed by atoms with van der Waals surface area (Å²) in [5.74, 6) is 1.20. The quantitative estimate of drug-likeness (QED) is 0.245. The molecule has 0 N–H and O–H groups in total. The molecule has 1 unspecified atom stereocenters. The first kappa shape index (κ1) is 25.3. The average molecular weight is 453 g/mol. The predicted octanol–water partition coefficient (Wildman–Crippen LogP) is 9.98. The maximum absolute atomic E-state index is 13.9. The van der Waals surface area contributed by atoms with Crippen LogP contribution in [0, 0.1) is 23.6 Å². The van der Waals surface area contributed by atoms with Gasteiger partial charge in [0, 0.05) is 0 Å². The molecule has 0 spiro atoms. The Morgan fingerprint density at radius 2 is 1.53 bits per heavy atom. The Kier molecular flexibility index (Phi) is 9.67. The molecule has 32 heavy (non-hydrogen) atoms. The fraction of sp³-hybridized carbons (Fsp3) is 0.714. The summed E-state index contributed by atoms with van der Waals surface area (Å²) in [5, 5.41) is 0. The van der Waals surface area contributed by atoms with Gasteiger partial charge in [-0.3, -0.25) is 0 Å². The van der Waals surface area contributed by atoms with Crippen LogP contribution in [0.3, 0.4) is 0 Å². The van der Waals surface area contributed by atoms with E-state index in [-0.39, 0.29) is 0 Å². The van der Waals surface area contributed by atoms with Crippen LogP contribution >= 0.6 is 0 Å². The molecule has 1 atom stereocenters. The van der Waals surface area contributed by atoms with E-state index in [0.717, 1.165) is 48.8 Å². The van der Waals surface area contributed by atoms with Crippen LogP contribution in [-0.4, -0.2) is 0 Å². The van der Waals surface area contributed by atoms with E-state index in [2.05, 4.69) is 13.0 Å². The molecule has 0 heterocycles. The minimum atomic E-state index is -4.64. The maximum atomic E-state index is 13.9. The van der Waals surface area contributed by atoms with Crippen molar-refractivity contribution in [3.63, 3.8) is 0 Å². The molecule has 2 aliphatic carbocycles. The third-order valence-electron chi connectivity index (χ3n) is 7.87. The molecule has 3 rings (SSSR count). The van der Waals surface area contributed by atoms with Crippen LogP contribution in [0.1, 0.15) is 114 Å². The summed E-state index contributed by atoms with van der Waals surface area (Å²) in [7, 11) is 0. The van der Waals surface area contributed by atoms with Gasteiger partial charge in [-0.25, -0.2) is 4.39 Å². The molecule has 1 aromatic rings. The lowest BCUT2D eigenvalue weighted by molar-refractivity contribution is -0.140. The number of rotatable bonds is 10. The predicted molar refractivity (Wildman–Crippen MR) is 125 cm³/mol. The Morgan fingerprint density at radius 1 is 0.844 bits per heavy atom. The van der Waals surface area contributed by atoms with Gasteiger partial charge in [0.1, 0.15) is 5.82 Å². The standard InChI is InChI=1S/C28H40F4/c1-2-3-4-5-6-7-8-9-21-10-12-22(13-11-21)23-14-16-24(17-15-23)25-18-19-26(27(29)20-25)28(30,31)32/h16,18-23H,2-15,17H2,1H3. The van der Waals surface area contributed by atoms with Crippen LogP contribution in [0.4, 0.5) is 17.6 Å². The van der Waals surface area contributed by atoms with E-state index in [4.69, 9.17) is 0 Å². The van der Waals surface area contributed by atoms with Gasteiger partial charge in [-0.15, -0.1) is 0 Å². The van der Waals surface area contributed by atoms with Crippen LogP contribution in [0.25, 0.3) is 5.57 Å². The molecular weight excluding hydrogens is 412 g/mol. The second-order valence-corrected chi connectivity index (χ2v) is 10.1. The van der Waals surface area contributed by atoms with E-state index in [0.29, 0.717) is 11.5 Å². The van der Waals surface area contributed by atoms with Gasteiger partial charge in [0.05, 0.1) is 5.56 Å². The van der Waals surface area contributed by atoms with Crippen LogP contribution < -0.4 is 0 Å². The number of halogens is 4. The van der Waals surface area contributed by atoms with Crippen molar-refractivity contribution in [3.05, 3.63) is 41.2 Å². The number of alkyl halides is 3. The molecule has 1 fully saturated rings. The number of hydrogen-bond donors (Lipinski definition) is 0. The van der Waals surface area contributed by atoms with Crippen molar-refractivity contribution in [1.82, 2.24) is 0 Å². The second-order valence-electron chi connectivity index (χ2n) is 10.1. The highest BCUT2D eigenvalue weighted by Gasteiger charge is 2.34. The lowest BCUT2D eigenvalue weighted by Gasteiger charge is -2.35. The zero-order valence-corrected chi connectivity index (χ0v) is 19.7. The van der Waals surface area contributed by atoms with Crippen LogP contribution in [0.5, 0.6) is 0 Å². The number of benzene rings is 1. The molecule has 1 aromatic carbocycles. The molecule has 0 radical (unpaired) electrons. The van der Waals surface area contributed by atoms with Crippen molar-refractivity contribution in [2.75, 3.05) is 0 Å². The summed E-state index contributed by atoms with van der Waals surface area (Å²) in [4.78, 5) is 0. The molecule has 4 heteroatoms. The van der Waals surface area contributed by atoms with Crippen molar-refractivity contribution in [1.29, 1.82) is 0 Å². The monoisotopic (exact) mass is 452 g/mol. The first-order chi connectivity index (χ1) is 15.4. The van der Waals surface area contributed by atoms with Crippen LogP contribution in [0.15, 0.2) is 24.3 Å². The minimum absolute atomic E-state index is 0.604. The van der Waals surface area contributed by atoms with Crippen molar-refractivity contribution >= 4 is 5.57 Å². The SMILES string of the molecule is CCCCCCCCCC1CCC(C2CC=C(c3ccc(C(F)(F)F)c(F)c3)CC2)CC1. The smallest absolute Gasteiger partial charge is 0.206 e. The lowest BCUT2D eigenvalue weighted by atomic mass is 9.70. The lowest BCUT2D eigenvalue weighted by Crippen LogP contribution is -2.23. The van der Waals surface area contributed by atoms with Gasteiger partial charge in [0.15, 0.2) is 0 Å². The molecule has 0 amide bonds. The van der Waals surface area contributed by atoms with Crippen molar-refractivity contribution in [2.45, 2.75) is 109 Å². The third kappa shape index (κ3) is 7.35. The zero-order valence-electron chi connectivity index (χ0n) is 19.7. The number of unbranched alkanes of at least 4 members (excludes halogenated alkanes) is 6. The van der Waals surface area contributed by atoms with Gasteiger partial charge in [0.2, 0.25) is 0 Å². The maximum Gasteiger partial charge on any atom is 0.419 e. The molecule has 0 nitrogen and oxygen atoms in total. The molecule has 0 bridgehead atoms. The highest BCUT2D eigenvalue weighted by Crippen LogP contribution is 2.42. The topological polar surface area (TPSA) is 0 Å². The normalized spacial score (nSPS) is 24.4. The van der Waals surface area contributed by atoms with Gasteiger partial charge in [-0.1, -0.05) is 83.3 Å². The summed E-state index contributed by atoms with van der Waals surface area (Å²) in [6.45, 7) is 2.26. The Balaban J connectivity index is 1.39. The minimum Gasteiger partial charge on any atom is -0.206 e. The second kappa shape index (κ2) is 12.2. The van der Waals surface area contributed by atoms with Gasteiger partial charge < -0.3 is 0 Å². The van der Waals surface area contributed by atoms with Gasteiger partial charge in [-0.05, 0) is 73.1 Å². The highest BCUT2D eigenvalue weighted by molar-refractivity contribution is 5.66. The van der Waals surface area contributed by atoms with E-state index in [9.17, 15) is 17.6 Å². The van der Waals surface area contributed by atoms with Crippen LogP contribution in [0.2, 0.25) is 0 Å². The Bertz CT molecular complexity index is 725. The highest BCUT2D eigenvalue weighted by atomic mass is 19.4. The summed E-state index contributed by atoms with van der Waals surface area (Å²) >= 11 is 0. The summed E-state index contributed by atoms with van der Waals surface area (Å²) < 4.78 is 52.3. The van der Waals surface area contributed by atoms with Crippen LogP contribution in [-0.2, 0) is 6.18 Å². The molecule has 2 aliphatic rings. The van der Waals surface area contributed by atoms with E-state index in [1.807, 2.05) is 0 Å². The van der Waals surface area contributed by atoms with E-state index in [1.54, 1.807) is 0 Å². The van der Waals surface area contributed by atoms with E-state index < -0.39 is 17.6 Å². The van der Waals surface area contributed by atoms with E-state index >= 15 is 0 Å². The molecule has 0 aliphatic heterocycles. The Morgan fingerprint density at radius 3 is 2.12 bits per heavy atom. The molecule has 0 saturated heterocycles. The first-order valence-electron chi connectivity index (χ1n) is 12.9. The average Bonchev–Trinajstić information content (AvgIpc) is 2.78. The molecule has 0 aromatic heterocycles. The molecular formula is C28H40F4. The summed E-state index contributed by atoms with van der Waals surface area (Å²) in [6, 6.07) is 3.36. The van der Waals surface area contributed by atoms with Crippen molar-refractivity contribution < 1.29 is 17.6 Å². The summed E-state index contributed by atoms with van der Waals surface area (Å²) in [6.07, 6.45) is 16.8. The largest absolute Gasteiger partial charge is 0.419 e. The van der Waals surface area contributed by atoms with Gasteiger partial charge in [0.25, 0.3) is 0 Å². The third-order valence-corrected chi connectivity index (χ3v) is 7.87. The number of hydrogen-bond acceptors (Lipinski definition) is 0.